The SMILES string of the molecule is CN(CCC(C)(C)F)C(=O)OCc1c(-c2ccc(OC3CC34CCCCC4)cn2)nnn1C. The molecular formula is C24H34FN5O3. The van der Waals surface area contributed by atoms with Crippen LogP contribution in [-0.4, -0.2) is 56.3 Å². The summed E-state index contributed by atoms with van der Waals surface area (Å²) in [6.07, 6.45) is 9.37. The lowest BCUT2D eigenvalue weighted by Gasteiger charge is -2.22. The first kappa shape index (κ1) is 23.4. The summed E-state index contributed by atoms with van der Waals surface area (Å²) in [4.78, 5) is 18.2. The van der Waals surface area contributed by atoms with Crippen LogP contribution in [-0.2, 0) is 18.4 Å². The second-order valence-corrected chi connectivity index (χ2v) is 10.1. The van der Waals surface area contributed by atoms with Crippen LogP contribution in [0.15, 0.2) is 18.3 Å². The maximum absolute atomic E-state index is 13.7. The lowest BCUT2D eigenvalue weighted by molar-refractivity contribution is 0.0947. The summed E-state index contributed by atoms with van der Waals surface area (Å²) >= 11 is 0. The molecule has 33 heavy (non-hydrogen) atoms. The van der Waals surface area contributed by atoms with Gasteiger partial charge in [0.2, 0.25) is 0 Å². The molecule has 8 nitrogen and oxygen atoms in total. The van der Waals surface area contributed by atoms with Gasteiger partial charge in [-0.3, -0.25) is 4.98 Å². The lowest BCUT2D eigenvalue weighted by atomic mass is 9.86. The Balaban J connectivity index is 1.35. The van der Waals surface area contributed by atoms with Crippen molar-refractivity contribution in [2.75, 3.05) is 13.6 Å². The number of aryl methyl sites for hydroxylation is 1. The molecule has 180 valence electrons. The van der Waals surface area contributed by atoms with E-state index in [9.17, 15) is 9.18 Å². The van der Waals surface area contributed by atoms with Gasteiger partial charge in [-0.25, -0.2) is 13.9 Å². The van der Waals surface area contributed by atoms with Crippen LogP contribution in [0.4, 0.5) is 9.18 Å². The molecule has 0 radical (unpaired) electrons. The van der Waals surface area contributed by atoms with Crippen LogP contribution >= 0.6 is 0 Å². The van der Waals surface area contributed by atoms with Crippen molar-refractivity contribution in [3.8, 4) is 17.1 Å². The highest BCUT2D eigenvalue weighted by Gasteiger charge is 2.56. The normalized spacial score (nSPS) is 19.4. The van der Waals surface area contributed by atoms with Crippen molar-refractivity contribution in [2.45, 2.75) is 77.2 Å². The van der Waals surface area contributed by atoms with E-state index in [4.69, 9.17) is 9.47 Å². The number of aromatic nitrogens is 4. The zero-order chi connectivity index (χ0) is 23.6. The number of amides is 1. The van der Waals surface area contributed by atoms with Crippen molar-refractivity contribution < 1.29 is 18.7 Å². The quantitative estimate of drug-likeness (QED) is 0.570. The maximum atomic E-state index is 13.7. The monoisotopic (exact) mass is 459 g/mol. The second-order valence-electron chi connectivity index (χ2n) is 10.1. The average molecular weight is 460 g/mol. The Morgan fingerprint density at radius 1 is 1.30 bits per heavy atom. The van der Waals surface area contributed by atoms with Crippen molar-refractivity contribution in [2.24, 2.45) is 12.5 Å². The van der Waals surface area contributed by atoms with E-state index < -0.39 is 11.8 Å². The Hall–Kier alpha value is -2.71. The van der Waals surface area contributed by atoms with Gasteiger partial charge < -0.3 is 14.4 Å². The lowest BCUT2D eigenvalue weighted by Crippen LogP contribution is -2.31. The summed E-state index contributed by atoms with van der Waals surface area (Å²) < 4.78 is 26.9. The molecule has 1 amide bonds. The van der Waals surface area contributed by atoms with E-state index >= 15 is 0 Å². The fourth-order valence-corrected chi connectivity index (χ4v) is 4.52. The van der Waals surface area contributed by atoms with Gasteiger partial charge in [-0.1, -0.05) is 24.5 Å². The number of alkyl halides is 1. The molecule has 0 aliphatic heterocycles. The van der Waals surface area contributed by atoms with Crippen molar-refractivity contribution in [1.29, 1.82) is 0 Å². The highest BCUT2D eigenvalue weighted by atomic mass is 19.1. The molecule has 9 heteroatoms. The van der Waals surface area contributed by atoms with Crippen molar-refractivity contribution >= 4 is 6.09 Å². The Bertz CT molecular complexity index is 963. The van der Waals surface area contributed by atoms with Crippen LogP contribution in [0.3, 0.4) is 0 Å². The fraction of sp³-hybridized carbons (Fsp3) is 0.667. The third-order valence-electron chi connectivity index (χ3n) is 6.85. The van der Waals surface area contributed by atoms with Crippen LogP contribution in [0, 0.1) is 5.41 Å². The maximum Gasteiger partial charge on any atom is 0.409 e. The third kappa shape index (κ3) is 5.62. The van der Waals surface area contributed by atoms with Gasteiger partial charge in [-0.15, -0.1) is 5.10 Å². The van der Waals surface area contributed by atoms with Gasteiger partial charge in [0.05, 0.1) is 11.9 Å². The Kier molecular flexibility index (Phi) is 6.59. The molecule has 2 aromatic heterocycles. The van der Waals surface area contributed by atoms with Gasteiger partial charge in [-0.05, 0) is 51.7 Å². The van der Waals surface area contributed by atoms with E-state index in [-0.39, 0.29) is 19.6 Å². The number of hydrogen-bond donors (Lipinski definition) is 0. The molecule has 4 rings (SSSR count). The molecule has 2 saturated carbocycles. The highest BCUT2D eigenvalue weighted by Crippen LogP contribution is 2.57. The number of hydrogen-bond acceptors (Lipinski definition) is 6. The Morgan fingerprint density at radius 3 is 2.73 bits per heavy atom. The number of pyridine rings is 1. The van der Waals surface area contributed by atoms with E-state index in [2.05, 4.69) is 15.3 Å². The van der Waals surface area contributed by atoms with Crippen LogP contribution in [0.25, 0.3) is 11.4 Å². The Morgan fingerprint density at radius 2 is 2.06 bits per heavy atom. The second kappa shape index (κ2) is 9.27. The molecule has 1 spiro atoms. The molecule has 2 aliphatic rings. The minimum Gasteiger partial charge on any atom is -0.488 e. The van der Waals surface area contributed by atoms with Crippen LogP contribution in [0.1, 0.15) is 64.5 Å². The van der Waals surface area contributed by atoms with Gasteiger partial charge in [0.15, 0.2) is 0 Å². The number of carbonyl (C=O) groups is 1. The molecule has 2 aliphatic carbocycles. The minimum atomic E-state index is -1.34. The third-order valence-corrected chi connectivity index (χ3v) is 6.85. The summed E-state index contributed by atoms with van der Waals surface area (Å²) in [7, 11) is 3.33. The number of ether oxygens (including phenoxy) is 2. The molecule has 1 unspecified atom stereocenters. The van der Waals surface area contributed by atoms with Crippen LogP contribution < -0.4 is 4.74 Å². The minimum absolute atomic E-state index is 0.00838. The largest absolute Gasteiger partial charge is 0.488 e. The number of carbonyl (C=O) groups excluding carboxylic acids is 1. The highest BCUT2D eigenvalue weighted by molar-refractivity contribution is 5.67. The molecular weight excluding hydrogens is 425 g/mol. The molecule has 0 aromatic carbocycles. The molecule has 0 N–H and O–H groups in total. The van der Waals surface area contributed by atoms with E-state index in [0.717, 1.165) is 12.2 Å². The smallest absolute Gasteiger partial charge is 0.409 e. The van der Waals surface area contributed by atoms with Crippen LogP contribution in [0.5, 0.6) is 5.75 Å². The molecule has 2 aromatic rings. The van der Waals surface area contributed by atoms with Gasteiger partial charge >= 0.3 is 6.09 Å². The molecule has 0 saturated heterocycles. The van der Waals surface area contributed by atoms with E-state index in [1.165, 1.54) is 50.9 Å². The first-order valence-corrected chi connectivity index (χ1v) is 11.8. The van der Waals surface area contributed by atoms with Gasteiger partial charge in [0.1, 0.15) is 35.5 Å². The number of rotatable bonds is 8. The predicted octanol–water partition coefficient (Wildman–Crippen LogP) is 4.69. The summed E-state index contributed by atoms with van der Waals surface area (Å²) in [6.45, 7) is 3.24. The first-order chi connectivity index (χ1) is 15.7. The summed E-state index contributed by atoms with van der Waals surface area (Å²) in [5, 5.41) is 8.27. The Labute approximate surface area is 194 Å². The molecule has 1 atom stereocenters. The zero-order valence-electron chi connectivity index (χ0n) is 20.0. The predicted molar refractivity (Wildman–Crippen MR) is 121 cm³/mol. The number of halogens is 1. The summed E-state index contributed by atoms with van der Waals surface area (Å²) in [5.41, 5.74) is 0.876. The van der Waals surface area contributed by atoms with E-state index in [0.29, 0.717) is 28.6 Å². The zero-order valence-corrected chi connectivity index (χ0v) is 20.0. The number of nitrogens with zero attached hydrogens (tertiary/aromatic N) is 5. The molecule has 0 bridgehead atoms. The van der Waals surface area contributed by atoms with Crippen molar-refractivity contribution in [3.05, 3.63) is 24.0 Å². The van der Waals surface area contributed by atoms with Crippen molar-refractivity contribution in [1.82, 2.24) is 24.9 Å². The molecule has 2 heterocycles. The van der Waals surface area contributed by atoms with Gasteiger partial charge in [0, 0.05) is 26.1 Å². The van der Waals surface area contributed by atoms with E-state index in [1.807, 2.05) is 12.1 Å². The van der Waals surface area contributed by atoms with Crippen LogP contribution in [0.2, 0.25) is 0 Å². The van der Waals surface area contributed by atoms with Crippen molar-refractivity contribution in [3.63, 3.8) is 0 Å². The van der Waals surface area contributed by atoms with E-state index in [1.54, 1.807) is 25.0 Å². The standard InChI is InChI=1S/C24H34FN5O3/c1-23(2,25)12-13-29(3)22(31)32-16-19-21(27-28-30(19)4)18-9-8-17(15-26-18)33-20-14-24(20)10-6-5-7-11-24/h8-9,15,20H,5-7,10-14,16H2,1-4H3. The van der Waals surface area contributed by atoms with Gasteiger partial charge in [-0.2, -0.15) is 0 Å². The fourth-order valence-electron chi connectivity index (χ4n) is 4.52. The van der Waals surface area contributed by atoms with Gasteiger partial charge in [0.25, 0.3) is 0 Å². The average Bonchev–Trinajstić information content (AvgIpc) is 3.28. The molecule has 2 fully saturated rings. The summed E-state index contributed by atoms with van der Waals surface area (Å²) in [6, 6.07) is 3.77. The first-order valence-electron chi connectivity index (χ1n) is 11.8. The topological polar surface area (TPSA) is 82.4 Å². The summed E-state index contributed by atoms with van der Waals surface area (Å²) in [5.74, 6) is 0.764.